The molecule has 0 fully saturated rings. The van der Waals surface area contributed by atoms with E-state index < -0.39 is 10.1 Å². The SMILES string of the molecule is Cc1oc(-c2ccccc2)nc1CCOS(=O)(=O)c1ccccc1. The number of rotatable bonds is 6. The van der Waals surface area contributed by atoms with Gasteiger partial charge in [-0.15, -0.1) is 0 Å². The van der Waals surface area contributed by atoms with Gasteiger partial charge in [0.05, 0.1) is 17.2 Å². The molecule has 124 valence electrons. The van der Waals surface area contributed by atoms with E-state index in [2.05, 4.69) is 4.98 Å². The first-order valence-corrected chi connectivity index (χ1v) is 8.93. The highest BCUT2D eigenvalue weighted by atomic mass is 32.2. The maximum atomic E-state index is 12.1. The maximum Gasteiger partial charge on any atom is 0.296 e. The second kappa shape index (κ2) is 6.98. The van der Waals surface area contributed by atoms with Crippen molar-refractivity contribution in [2.75, 3.05) is 6.61 Å². The van der Waals surface area contributed by atoms with E-state index in [1.807, 2.05) is 30.3 Å². The van der Waals surface area contributed by atoms with E-state index in [0.717, 1.165) is 5.56 Å². The Morgan fingerprint density at radius 1 is 1.00 bits per heavy atom. The molecule has 24 heavy (non-hydrogen) atoms. The van der Waals surface area contributed by atoms with Gasteiger partial charge in [-0.3, -0.25) is 4.18 Å². The minimum atomic E-state index is -3.75. The maximum absolute atomic E-state index is 12.1. The largest absolute Gasteiger partial charge is 0.441 e. The molecule has 0 atom stereocenters. The Hall–Kier alpha value is -2.44. The second-order valence-corrected chi connectivity index (χ2v) is 6.84. The van der Waals surface area contributed by atoms with Gasteiger partial charge in [-0.1, -0.05) is 36.4 Å². The van der Waals surface area contributed by atoms with Gasteiger partial charge in [0, 0.05) is 12.0 Å². The summed E-state index contributed by atoms with van der Waals surface area (Å²) in [7, 11) is -3.75. The fourth-order valence-corrected chi connectivity index (χ4v) is 3.20. The van der Waals surface area contributed by atoms with Gasteiger partial charge in [0.2, 0.25) is 5.89 Å². The van der Waals surface area contributed by atoms with E-state index in [1.165, 1.54) is 12.1 Å². The summed E-state index contributed by atoms with van der Waals surface area (Å²) in [5, 5.41) is 0. The van der Waals surface area contributed by atoms with Crippen molar-refractivity contribution in [1.82, 2.24) is 4.98 Å². The highest BCUT2D eigenvalue weighted by molar-refractivity contribution is 7.86. The van der Waals surface area contributed by atoms with Crippen LogP contribution in [0.15, 0.2) is 70.0 Å². The van der Waals surface area contributed by atoms with Gasteiger partial charge in [-0.05, 0) is 31.2 Å². The fraction of sp³-hybridized carbons (Fsp3) is 0.167. The van der Waals surface area contributed by atoms with Gasteiger partial charge in [-0.2, -0.15) is 8.42 Å². The van der Waals surface area contributed by atoms with Crippen LogP contribution in [0.25, 0.3) is 11.5 Å². The van der Waals surface area contributed by atoms with Crippen LogP contribution in [-0.2, 0) is 20.7 Å². The summed E-state index contributed by atoms with van der Waals surface area (Å²) in [6.07, 6.45) is 0.355. The number of benzene rings is 2. The van der Waals surface area contributed by atoms with Crippen molar-refractivity contribution in [3.05, 3.63) is 72.1 Å². The second-order valence-electron chi connectivity index (χ2n) is 5.23. The third-order valence-electron chi connectivity index (χ3n) is 3.52. The first-order valence-electron chi connectivity index (χ1n) is 7.52. The van der Waals surface area contributed by atoms with Crippen LogP contribution in [0.4, 0.5) is 0 Å². The summed E-state index contributed by atoms with van der Waals surface area (Å²) in [6, 6.07) is 17.6. The lowest BCUT2D eigenvalue weighted by Gasteiger charge is -2.04. The molecule has 0 N–H and O–H groups in total. The van der Waals surface area contributed by atoms with E-state index in [1.54, 1.807) is 25.1 Å². The van der Waals surface area contributed by atoms with E-state index in [4.69, 9.17) is 8.60 Å². The van der Waals surface area contributed by atoms with E-state index in [0.29, 0.717) is 23.8 Å². The smallest absolute Gasteiger partial charge is 0.296 e. The zero-order valence-corrected chi connectivity index (χ0v) is 14.0. The lowest BCUT2D eigenvalue weighted by molar-refractivity contribution is 0.320. The van der Waals surface area contributed by atoms with Crippen molar-refractivity contribution in [2.45, 2.75) is 18.2 Å². The summed E-state index contributed by atoms with van der Waals surface area (Å²) < 4.78 is 34.9. The summed E-state index contributed by atoms with van der Waals surface area (Å²) in [4.78, 5) is 4.58. The number of aryl methyl sites for hydroxylation is 1. The van der Waals surface area contributed by atoms with Gasteiger partial charge in [-0.25, -0.2) is 4.98 Å². The van der Waals surface area contributed by atoms with Crippen LogP contribution in [0.2, 0.25) is 0 Å². The third kappa shape index (κ3) is 3.72. The van der Waals surface area contributed by atoms with Crippen molar-refractivity contribution in [1.29, 1.82) is 0 Å². The van der Waals surface area contributed by atoms with Crippen LogP contribution >= 0.6 is 0 Å². The minimum Gasteiger partial charge on any atom is -0.441 e. The third-order valence-corrected chi connectivity index (χ3v) is 4.85. The first-order chi connectivity index (χ1) is 11.6. The summed E-state index contributed by atoms with van der Waals surface area (Å²) in [5.74, 6) is 1.18. The van der Waals surface area contributed by atoms with E-state index in [-0.39, 0.29) is 11.5 Å². The average molecular weight is 343 g/mol. The van der Waals surface area contributed by atoms with Crippen LogP contribution < -0.4 is 0 Å². The number of aromatic nitrogens is 1. The Morgan fingerprint density at radius 2 is 1.62 bits per heavy atom. The number of nitrogens with zero attached hydrogens (tertiary/aromatic N) is 1. The predicted octanol–water partition coefficient (Wildman–Crippen LogP) is 3.60. The normalized spacial score (nSPS) is 11.5. The molecule has 1 heterocycles. The van der Waals surface area contributed by atoms with E-state index >= 15 is 0 Å². The molecule has 2 aromatic carbocycles. The van der Waals surface area contributed by atoms with E-state index in [9.17, 15) is 8.42 Å². The van der Waals surface area contributed by atoms with Gasteiger partial charge >= 0.3 is 0 Å². The summed E-state index contributed by atoms with van der Waals surface area (Å²) >= 11 is 0. The summed E-state index contributed by atoms with van der Waals surface area (Å²) in [6.45, 7) is 1.82. The van der Waals surface area contributed by atoms with Crippen LogP contribution in [0.5, 0.6) is 0 Å². The molecule has 0 radical (unpaired) electrons. The van der Waals surface area contributed by atoms with Crippen molar-refractivity contribution in [3.8, 4) is 11.5 Å². The molecular formula is C18H17NO4S. The standard InChI is InChI=1S/C18H17NO4S/c1-14-17(19-18(23-14)15-8-4-2-5-9-15)12-13-22-24(20,21)16-10-6-3-7-11-16/h2-11H,12-13H2,1H3. The molecule has 1 aromatic heterocycles. The molecule has 0 spiro atoms. The van der Waals surface area contributed by atoms with Crippen LogP contribution in [-0.4, -0.2) is 20.0 Å². The Kier molecular flexibility index (Phi) is 4.78. The number of hydrogen-bond acceptors (Lipinski definition) is 5. The molecule has 0 saturated heterocycles. The van der Waals surface area contributed by atoms with Crippen LogP contribution in [0.3, 0.4) is 0 Å². The van der Waals surface area contributed by atoms with Gasteiger partial charge in [0.1, 0.15) is 5.76 Å². The molecule has 6 heteroatoms. The molecule has 3 rings (SSSR count). The monoisotopic (exact) mass is 343 g/mol. The minimum absolute atomic E-state index is 0.0127. The number of oxazole rings is 1. The fourth-order valence-electron chi connectivity index (χ4n) is 2.27. The molecule has 0 saturated carbocycles. The predicted molar refractivity (Wildman–Crippen MR) is 90.0 cm³/mol. The lowest BCUT2D eigenvalue weighted by Crippen LogP contribution is -2.09. The first kappa shape index (κ1) is 16.4. The summed E-state index contributed by atoms with van der Waals surface area (Å²) in [5.41, 5.74) is 1.57. The molecule has 3 aromatic rings. The van der Waals surface area contributed by atoms with Crippen LogP contribution in [0.1, 0.15) is 11.5 Å². The van der Waals surface area contributed by atoms with Gasteiger partial charge < -0.3 is 4.42 Å². The van der Waals surface area contributed by atoms with Gasteiger partial charge in [0.15, 0.2) is 0 Å². The Labute approximate surface area is 141 Å². The van der Waals surface area contributed by atoms with Crippen molar-refractivity contribution < 1.29 is 17.0 Å². The zero-order valence-electron chi connectivity index (χ0n) is 13.2. The molecule has 5 nitrogen and oxygen atoms in total. The number of hydrogen-bond donors (Lipinski definition) is 0. The highest BCUT2D eigenvalue weighted by Crippen LogP contribution is 2.22. The van der Waals surface area contributed by atoms with Crippen molar-refractivity contribution in [3.63, 3.8) is 0 Å². The van der Waals surface area contributed by atoms with Crippen molar-refractivity contribution >= 4 is 10.1 Å². The molecule has 0 aliphatic carbocycles. The van der Waals surface area contributed by atoms with Crippen LogP contribution in [0, 0.1) is 6.92 Å². The molecule has 0 amide bonds. The highest BCUT2D eigenvalue weighted by Gasteiger charge is 2.16. The Balaban J connectivity index is 1.67. The average Bonchev–Trinajstić information content (AvgIpc) is 2.97. The van der Waals surface area contributed by atoms with Crippen molar-refractivity contribution in [2.24, 2.45) is 0 Å². The quantitative estimate of drug-likeness (QED) is 0.640. The molecule has 0 bridgehead atoms. The molecule has 0 unspecified atom stereocenters. The molecule has 0 aliphatic rings. The molecular weight excluding hydrogens is 326 g/mol. The van der Waals surface area contributed by atoms with Gasteiger partial charge in [0.25, 0.3) is 10.1 Å². The Morgan fingerprint density at radius 3 is 2.29 bits per heavy atom. The molecule has 0 aliphatic heterocycles. The zero-order chi connectivity index (χ0) is 17.0. The topological polar surface area (TPSA) is 69.4 Å². The Bertz CT molecular complexity index is 903. The lowest BCUT2D eigenvalue weighted by atomic mass is 10.2.